The Morgan fingerprint density at radius 3 is 2.52 bits per heavy atom. The smallest absolute Gasteiger partial charge is 0.230 e. The van der Waals surface area contributed by atoms with Crippen molar-refractivity contribution in [2.75, 3.05) is 16.8 Å². The third kappa shape index (κ3) is 4.48. The van der Waals surface area contributed by atoms with E-state index in [0.29, 0.717) is 24.9 Å². The quantitative estimate of drug-likeness (QED) is 0.659. The van der Waals surface area contributed by atoms with E-state index in [-0.39, 0.29) is 17.6 Å². The fourth-order valence-corrected chi connectivity index (χ4v) is 3.21. The topological polar surface area (TPSA) is 46.6 Å². The number of rotatable bonds is 7. The molecule has 1 fully saturated rings. The highest BCUT2D eigenvalue weighted by Crippen LogP contribution is 2.29. The molecule has 130 valence electrons. The van der Waals surface area contributed by atoms with Crippen LogP contribution in [0.25, 0.3) is 0 Å². The van der Waals surface area contributed by atoms with Crippen LogP contribution in [0.2, 0.25) is 0 Å². The normalized spacial score (nSPS) is 16.9. The predicted octanol–water partition coefficient (Wildman–Crippen LogP) is 3.97. The van der Waals surface area contributed by atoms with E-state index in [1.54, 1.807) is 4.90 Å². The predicted molar refractivity (Wildman–Crippen MR) is 101 cm³/mol. The number of hydrogen-bond acceptors (Lipinski definition) is 3. The van der Waals surface area contributed by atoms with Crippen LogP contribution in [0.15, 0.2) is 54.6 Å². The zero-order chi connectivity index (χ0) is 17.6. The summed E-state index contributed by atoms with van der Waals surface area (Å²) in [6.07, 6.45) is 1.04. The van der Waals surface area contributed by atoms with Gasteiger partial charge in [-0.2, -0.15) is 0 Å². The molecule has 25 heavy (non-hydrogen) atoms. The number of ketones is 1. The number of anilines is 1. The van der Waals surface area contributed by atoms with Gasteiger partial charge in [0.2, 0.25) is 5.91 Å². The van der Waals surface area contributed by atoms with Crippen molar-refractivity contribution in [3.05, 3.63) is 60.2 Å². The molecular formula is C20H20BrNO3. The summed E-state index contributed by atoms with van der Waals surface area (Å²) < 4.78 is 5.77. The van der Waals surface area contributed by atoms with E-state index in [2.05, 4.69) is 15.9 Å². The van der Waals surface area contributed by atoms with Crippen LogP contribution in [0.3, 0.4) is 0 Å². The molecule has 5 heteroatoms. The van der Waals surface area contributed by atoms with Crippen molar-refractivity contribution in [2.24, 2.45) is 5.92 Å². The summed E-state index contributed by atoms with van der Waals surface area (Å²) in [6.45, 7) is 1.17. The molecule has 3 rings (SSSR count). The van der Waals surface area contributed by atoms with Gasteiger partial charge in [-0.25, -0.2) is 0 Å². The maximum absolute atomic E-state index is 12.5. The van der Waals surface area contributed by atoms with Gasteiger partial charge in [0.15, 0.2) is 0 Å². The Hall–Kier alpha value is -2.14. The molecule has 0 N–H and O–H groups in total. The molecule has 1 saturated heterocycles. The van der Waals surface area contributed by atoms with Crippen LogP contribution in [0, 0.1) is 5.92 Å². The first-order chi connectivity index (χ1) is 12.2. The summed E-state index contributed by atoms with van der Waals surface area (Å²) in [7, 11) is 0. The van der Waals surface area contributed by atoms with E-state index in [1.165, 1.54) is 0 Å². The Morgan fingerprint density at radius 1 is 1.12 bits per heavy atom. The number of carbonyl (C=O) groups excluding carboxylic acids is 2. The molecule has 4 nitrogen and oxygen atoms in total. The molecule has 2 aromatic carbocycles. The Kier molecular flexibility index (Phi) is 5.87. The largest absolute Gasteiger partial charge is 0.489 e. The average Bonchev–Trinajstić information content (AvgIpc) is 3.01. The lowest BCUT2D eigenvalue weighted by Crippen LogP contribution is -2.27. The minimum Gasteiger partial charge on any atom is -0.489 e. The first-order valence-corrected chi connectivity index (χ1v) is 9.45. The molecule has 1 atom stereocenters. The number of Topliss-reactive ketones (excluding diaryl/α,β-unsaturated/α-hetero) is 1. The molecule has 1 unspecified atom stereocenters. The molecule has 1 heterocycles. The van der Waals surface area contributed by atoms with E-state index in [1.807, 2.05) is 54.6 Å². The summed E-state index contributed by atoms with van der Waals surface area (Å²) in [6, 6.07) is 17.5. The second-order valence-electron chi connectivity index (χ2n) is 6.12. The zero-order valence-electron chi connectivity index (χ0n) is 13.9. The lowest BCUT2D eigenvalue weighted by molar-refractivity contribution is -0.125. The fourth-order valence-electron chi connectivity index (χ4n) is 2.98. The summed E-state index contributed by atoms with van der Waals surface area (Å²) in [4.78, 5) is 25.8. The molecule has 0 saturated carbocycles. The van der Waals surface area contributed by atoms with E-state index in [9.17, 15) is 9.59 Å². The highest BCUT2D eigenvalue weighted by atomic mass is 79.9. The third-order valence-electron chi connectivity index (χ3n) is 4.34. The summed E-state index contributed by atoms with van der Waals surface area (Å²) in [5.41, 5.74) is 1.96. The average molecular weight is 402 g/mol. The molecule has 0 aromatic heterocycles. The molecule has 0 spiro atoms. The SMILES string of the molecule is O=C(CBr)CC1CCN(c2ccc(OCc3ccccc3)cc2)C1=O. The maximum Gasteiger partial charge on any atom is 0.230 e. The highest BCUT2D eigenvalue weighted by molar-refractivity contribution is 9.09. The summed E-state index contributed by atoms with van der Waals surface area (Å²) in [5.74, 6) is 0.682. The Labute approximate surface area is 155 Å². The molecular weight excluding hydrogens is 382 g/mol. The van der Waals surface area contributed by atoms with Gasteiger partial charge in [0.05, 0.1) is 5.33 Å². The number of alkyl halides is 1. The standard InChI is InChI=1S/C20H20BrNO3/c21-13-18(23)12-16-10-11-22(20(16)24)17-6-8-19(9-7-17)25-14-15-4-2-1-3-5-15/h1-9,16H,10-14H2. The van der Waals surface area contributed by atoms with Crippen LogP contribution in [-0.4, -0.2) is 23.6 Å². The van der Waals surface area contributed by atoms with E-state index in [4.69, 9.17) is 4.74 Å². The van der Waals surface area contributed by atoms with Gasteiger partial charge in [-0.3, -0.25) is 9.59 Å². The van der Waals surface area contributed by atoms with Crippen molar-refractivity contribution < 1.29 is 14.3 Å². The number of halogens is 1. The molecule has 0 radical (unpaired) electrons. The first kappa shape index (κ1) is 17.7. The van der Waals surface area contributed by atoms with Crippen LogP contribution in [0.4, 0.5) is 5.69 Å². The lowest BCUT2D eigenvalue weighted by atomic mass is 10.0. The van der Waals surface area contributed by atoms with Gasteiger partial charge < -0.3 is 9.64 Å². The van der Waals surface area contributed by atoms with Crippen molar-refractivity contribution in [2.45, 2.75) is 19.4 Å². The molecule has 0 bridgehead atoms. The van der Waals surface area contributed by atoms with Gasteiger partial charge in [-0.1, -0.05) is 46.3 Å². The van der Waals surface area contributed by atoms with Gasteiger partial charge in [0, 0.05) is 24.6 Å². The third-order valence-corrected chi connectivity index (χ3v) is 4.96. The highest BCUT2D eigenvalue weighted by Gasteiger charge is 2.33. The Bertz CT molecular complexity index is 730. The van der Waals surface area contributed by atoms with E-state index in [0.717, 1.165) is 23.4 Å². The number of carbonyl (C=O) groups is 2. The van der Waals surface area contributed by atoms with Crippen LogP contribution >= 0.6 is 15.9 Å². The van der Waals surface area contributed by atoms with Crippen molar-refractivity contribution in [1.29, 1.82) is 0 Å². The minimum atomic E-state index is -0.195. The van der Waals surface area contributed by atoms with Gasteiger partial charge >= 0.3 is 0 Å². The monoisotopic (exact) mass is 401 g/mol. The van der Waals surface area contributed by atoms with Crippen LogP contribution in [0.1, 0.15) is 18.4 Å². The molecule has 0 aliphatic carbocycles. The second kappa shape index (κ2) is 8.30. The van der Waals surface area contributed by atoms with Crippen molar-refractivity contribution in [3.8, 4) is 5.75 Å². The first-order valence-electron chi connectivity index (χ1n) is 8.33. The van der Waals surface area contributed by atoms with Gasteiger partial charge in [-0.05, 0) is 36.2 Å². The number of benzene rings is 2. The summed E-state index contributed by atoms with van der Waals surface area (Å²) >= 11 is 3.15. The van der Waals surface area contributed by atoms with Crippen molar-refractivity contribution >= 4 is 33.3 Å². The van der Waals surface area contributed by atoms with Crippen molar-refractivity contribution in [3.63, 3.8) is 0 Å². The fraction of sp³-hybridized carbons (Fsp3) is 0.300. The minimum absolute atomic E-state index is 0.0345. The zero-order valence-corrected chi connectivity index (χ0v) is 15.4. The van der Waals surface area contributed by atoms with Gasteiger partial charge in [0.25, 0.3) is 0 Å². The van der Waals surface area contributed by atoms with Crippen molar-refractivity contribution in [1.82, 2.24) is 0 Å². The Balaban J connectivity index is 1.59. The molecule has 1 amide bonds. The molecule has 2 aromatic rings. The van der Waals surface area contributed by atoms with Crippen LogP contribution in [0.5, 0.6) is 5.75 Å². The molecule has 1 aliphatic rings. The lowest BCUT2D eigenvalue weighted by Gasteiger charge is -2.17. The van der Waals surface area contributed by atoms with Gasteiger partial charge in [0.1, 0.15) is 18.1 Å². The van der Waals surface area contributed by atoms with E-state index < -0.39 is 0 Å². The van der Waals surface area contributed by atoms with Crippen LogP contribution in [-0.2, 0) is 16.2 Å². The molecule has 1 aliphatic heterocycles. The number of hydrogen-bond donors (Lipinski definition) is 0. The summed E-state index contributed by atoms with van der Waals surface area (Å²) in [5, 5.41) is 0.310. The Morgan fingerprint density at radius 2 is 1.84 bits per heavy atom. The second-order valence-corrected chi connectivity index (χ2v) is 6.68. The number of ether oxygens (including phenoxy) is 1. The number of amides is 1. The maximum atomic E-state index is 12.5. The van der Waals surface area contributed by atoms with Crippen LogP contribution < -0.4 is 9.64 Å². The number of nitrogens with zero attached hydrogens (tertiary/aromatic N) is 1. The van der Waals surface area contributed by atoms with E-state index >= 15 is 0 Å². The van der Waals surface area contributed by atoms with Gasteiger partial charge in [-0.15, -0.1) is 0 Å².